The number of hydrogen-bond donors (Lipinski definition) is 1. The smallest absolute Gasteiger partial charge is 0.122 e. The molecule has 0 saturated heterocycles. The normalized spacial score (nSPS) is 11.0. The van der Waals surface area contributed by atoms with Crippen molar-refractivity contribution in [3.8, 4) is 22.7 Å². The van der Waals surface area contributed by atoms with Gasteiger partial charge in [0.25, 0.3) is 0 Å². The molecule has 0 atom stereocenters. The van der Waals surface area contributed by atoms with Crippen LogP contribution in [0.25, 0.3) is 16.9 Å². The molecule has 0 aliphatic heterocycles. The van der Waals surface area contributed by atoms with Crippen molar-refractivity contribution in [1.29, 1.82) is 0 Å². The van der Waals surface area contributed by atoms with Gasteiger partial charge in [0.1, 0.15) is 17.4 Å². The number of benzene rings is 2. The van der Waals surface area contributed by atoms with Gasteiger partial charge in [0.05, 0.1) is 6.61 Å². The number of ether oxygens (including phenoxy) is 1. The van der Waals surface area contributed by atoms with Crippen LogP contribution in [0.15, 0.2) is 67.0 Å². The van der Waals surface area contributed by atoms with Crippen LogP contribution in [-0.2, 0) is 6.42 Å². The summed E-state index contributed by atoms with van der Waals surface area (Å²) in [5.74, 6) is 2.91. The summed E-state index contributed by atoms with van der Waals surface area (Å²) in [6.07, 6.45) is 5.58. The first-order valence-electron chi connectivity index (χ1n) is 9.78. The molecule has 0 amide bonds. The number of imidazole rings is 1. The number of para-hydroxylation sites is 1. The molecule has 0 aliphatic rings. The Labute approximate surface area is 176 Å². The number of halogens is 1. The lowest BCUT2D eigenvalue weighted by Gasteiger charge is -2.09. The molecule has 2 aromatic heterocycles. The number of hydrogen-bond acceptors (Lipinski definition) is 2. The monoisotopic (exact) mass is 405 g/mol. The molecule has 4 nitrogen and oxygen atoms in total. The van der Waals surface area contributed by atoms with E-state index in [0.717, 1.165) is 46.4 Å². The minimum Gasteiger partial charge on any atom is -0.493 e. The van der Waals surface area contributed by atoms with Crippen molar-refractivity contribution in [2.24, 2.45) is 0 Å². The van der Waals surface area contributed by atoms with Crippen LogP contribution >= 0.6 is 11.6 Å². The highest BCUT2D eigenvalue weighted by Crippen LogP contribution is 2.29. The third-order valence-corrected chi connectivity index (χ3v) is 5.30. The minimum absolute atomic E-state index is 0.670. The van der Waals surface area contributed by atoms with Gasteiger partial charge in [-0.1, -0.05) is 41.9 Å². The summed E-state index contributed by atoms with van der Waals surface area (Å²) in [4.78, 5) is 7.92. The Balaban J connectivity index is 1.54. The van der Waals surface area contributed by atoms with Gasteiger partial charge in [-0.2, -0.15) is 0 Å². The number of aryl methyl sites for hydroxylation is 3. The van der Waals surface area contributed by atoms with Gasteiger partial charge in [-0.25, -0.2) is 4.98 Å². The van der Waals surface area contributed by atoms with E-state index in [9.17, 15) is 0 Å². The number of aromatic amines is 1. The topological polar surface area (TPSA) is 42.8 Å². The predicted molar refractivity (Wildman–Crippen MR) is 118 cm³/mol. The number of nitrogens with zero attached hydrogens (tertiary/aromatic N) is 2. The van der Waals surface area contributed by atoms with E-state index in [4.69, 9.17) is 16.3 Å². The summed E-state index contributed by atoms with van der Waals surface area (Å²) in [6.45, 7) is 4.74. The lowest BCUT2D eigenvalue weighted by Crippen LogP contribution is -2.02. The maximum atomic E-state index is 6.08. The molecule has 0 spiro atoms. The summed E-state index contributed by atoms with van der Waals surface area (Å²) >= 11 is 6.08. The fraction of sp³-hybridized carbons (Fsp3) is 0.208. The van der Waals surface area contributed by atoms with Crippen molar-refractivity contribution in [3.05, 3.63) is 89.1 Å². The molecule has 0 fully saturated rings. The molecule has 29 heavy (non-hydrogen) atoms. The van der Waals surface area contributed by atoms with E-state index in [1.807, 2.05) is 49.6 Å². The highest BCUT2D eigenvalue weighted by atomic mass is 35.5. The first kappa shape index (κ1) is 19.3. The van der Waals surface area contributed by atoms with Gasteiger partial charge in [-0.05, 0) is 62.1 Å². The van der Waals surface area contributed by atoms with Crippen molar-refractivity contribution in [3.63, 3.8) is 0 Å². The lowest BCUT2D eigenvalue weighted by molar-refractivity contribution is 0.308. The van der Waals surface area contributed by atoms with Crippen molar-refractivity contribution in [2.45, 2.75) is 26.7 Å². The molecule has 0 bridgehead atoms. The molecular weight excluding hydrogens is 382 g/mol. The first-order valence-corrected chi connectivity index (χ1v) is 10.2. The van der Waals surface area contributed by atoms with Crippen LogP contribution in [0.5, 0.6) is 5.75 Å². The quantitative estimate of drug-likeness (QED) is 0.375. The van der Waals surface area contributed by atoms with Crippen molar-refractivity contribution in [2.75, 3.05) is 6.61 Å². The van der Waals surface area contributed by atoms with E-state index >= 15 is 0 Å². The molecular formula is C24H24ClN3O. The number of aromatic nitrogens is 3. The Bertz CT molecular complexity index is 1100. The summed E-state index contributed by atoms with van der Waals surface area (Å²) in [7, 11) is 0. The predicted octanol–water partition coefficient (Wildman–Crippen LogP) is 6.15. The average molecular weight is 406 g/mol. The maximum absolute atomic E-state index is 6.08. The third kappa shape index (κ3) is 4.38. The third-order valence-electron chi connectivity index (χ3n) is 5.05. The van der Waals surface area contributed by atoms with E-state index in [1.165, 1.54) is 11.3 Å². The Hall–Kier alpha value is -2.98. The second-order valence-electron chi connectivity index (χ2n) is 7.12. The highest BCUT2D eigenvalue weighted by Gasteiger charge is 2.13. The first-order chi connectivity index (χ1) is 14.1. The van der Waals surface area contributed by atoms with E-state index in [0.29, 0.717) is 6.61 Å². The molecule has 0 unspecified atom stereocenters. The van der Waals surface area contributed by atoms with Crippen LogP contribution in [0.1, 0.15) is 23.5 Å². The van der Waals surface area contributed by atoms with Crippen molar-refractivity contribution >= 4 is 11.6 Å². The molecule has 1 N–H and O–H groups in total. The van der Waals surface area contributed by atoms with Crippen LogP contribution < -0.4 is 4.74 Å². The molecule has 4 aromatic rings. The van der Waals surface area contributed by atoms with Gasteiger partial charge in [-0.3, -0.25) is 4.57 Å². The number of H-pyrrole nitrogens is 1. The molecule has 2 aromatic carbocycles. The molecule has 0 saturated carbocycles. The van der Waals surface area contributed by atoms with Gasteiger partial charge in [0, 0.05) is 28.7 Å². The fourth-order valence-electron chi connectivity index (χ4n) is 3.48. The molecule has 5 heteroatoms. The summed E-state index contributed by atoms with van der Waals surface area (Å²) in [5.41, 5.74) is 4.67. The largest absolute Gasteiger partial charge is 0.493 e. The Morgan fingerprint density at radius 3 is 2.59 bits per heavy atom. The average Bonchev–Trinajstić information content (AvgIpc) is 3.33. The molecule has 0 aliphatic carbocycles. The molecule has 2 heterocycles. The van der Waals surface area contributed by atoms with E-state index < -0.39 is 0 Å². The zero-order valence-electron chi connectivity index (χ0n) is 16.7. The number of nitrogens with one attached hydrogen (secondary N) is 1. The van der Waals surface area contributed by atoms with E-state index in [2.05, 4.69) is 45.7 Å². The summed E-state index contributed by atoms with van der Waals surface area (Å²) < 4.78 is 8.03. The van der Waals surface area contributed by atoms with Crippen LogP contribution in [-0.4, -0.2) is 21.1 Å². The van der Waals surface area contributed by atoms with Crippen molar-refractivity contribution in [1.82, 2.24) is 14.5 Å². The van der Waals surface area contributed by atoms with Crippen LogP contribution in [0.4, 0.5) is 0 Å². The van der Waals surface area contributed by atoms with E-state index in [-0.39, 0.29) is 0 Å². The zero-order chi connectivity index (χ0) is 20.2. The van der Waals surface area contributed by atoms with Crippen LogP contribution in [0.3, 0.4) is 0 Å². The van der Waals surface area contributed by atoms with Gasteiger partial charge in [0.15, 0.2) is 0 Å². The standard InChI is InChI=1S/C24H24ClN3O/c1-17-6-3-4-8-23(17)29-15-5-7-22-21(19-9-11-20(25)12-10-19)16-24(27-22)28-14-13-26-18(28)2/h3-4,6,8-14,16,27H,5,7,15H2,1-2H3. The van der Waals surface area contributed by atoms with Crippen LogP contribution in [0, 0.1) is 13.8 Å². The van der Waals surface area contributed by atoms with Gasteiger partial charge < -0.3 is 9.72 Å². The lowest BCUT2D eigenvalue weighted by atomic mass is 10.0. The second-order valence-corrected chi connectivity index (χ2v) is 7.55. The van der Waals surface area contributed by atoms with E-state index in [1.54, 1.807) is 0 Å². The SMILES string of the molecule is Cc1ccccc1OCCCc1[nH]c(-n2ccnc2C)cc1-c1ccc(Cl)cc1. The summed E-state index contributed by atoms with van der Waals surface area (Å²) in [6, 6.07) is 18.3. The minimum atomic E-state index is 0.670. The van der Waals surface area contributed by atoms with Gasteiger partial charge in [-0.15, -0.1) is 0 Å². The molecule has 4 rings (SSSR count). The maximum Gasteiger partial charge on any atom is 0.122 e. The Kier molecular flexibility index (Phi) is 5.72. The summed E-state index contributed by atoms with van der Waals surface area (Å²) in [5, 5.41) is 0.739. The Morgan fingerprint density at radius 1 is 1.07 bits per heavy atom. The molecule has 148 valence electrons. The Morgan fingerprint density at radius 2 is 1.86 bits per heavy atom. The zero-order valence-corrected chi connectivity index (χ0v) is 17.4. The van der Waals surface area contributed by atoms with Gasteiger partial charge in [0.2, 0.25) is 0 Å². The molecule has 0 radical (unpaired) electrons. The second kappa shape index (κ2) is 8.58. The van der Waals surface area contributed by atoms with Gasteiger partial charge >= 0.3 is 0 Å². The number of rotatable bonds is 7. The van der Waals surface area contributed by atoms with Crippen molar-refractivity contribution < 1.29 is 4.74 Å². The fourth-order valence-corrected chi connectivity index (χ4v) is 3.60. The van der Waals surface area contributed by atoms with Crippen LogP contribution in [0.2, 0.25) is 5.02 Å². The highest BCUT2D eigenvalue weighted by molar-refractivity contribution is 6.30.